The lowest BCUT2D eigenvalue weighted by molar-refractivity contribution is -0.105. The van der Waals surface area contributed by atoms with Crippen LogP contribution >= 0.6 is 0 Å². The Morgan fingerprint density at radius 3 is 2.83 bits per heavy atom. The Labute approximate surface area is 134 Å². The molecule has 0 bridgehead atoms. The number of benzene rings is 1. The van der Waals surface area contributed by atoms with Crippen LogP contribution in [0.15, 0.2) is 36.4 Å². The highest BCUT2D eigenvalue weighted by Gasteiger charge is 2.30. The van der Waals surface area contributed by atoms with Gasteiger partial charge in [0.05, 0.1) is 29.1 Å². The number of aryl methyl sites for hydroxylation is 1. The van der Waals surface area contributed by atoms with Gasteiger partial charge in [-0.3, -0.25) is 14.5 Å². The fourth-order valence-electron chi connectivity index (χ4n) is 3.05. The smallest absolute Gasteiger partial charge is 0.211 e. The summed E-state index contributed by atoms with van der Waals surface area (Å²) in [6, 6.07) is 12.0. The molecule has 116 valence electrons. The van der Waals surface area contributed by atoms with Gasteiger partial charge in [0.2, 0.25) is 6.41 Å². The summed E-state index contributed by atoms with van der Waals surface area (Å²) in [7, 11) is 0. The third-order valence-electron chi connectivity index (χ3n) is 4.24. The van der Waals surface area contributed by atoms with Crippen LogP contribution < -0.4 is 5.32 Å². The summed E-state index contributed by atoms with van der Waals surface area (Å²) in [4.78, 5) is 15.5. The highest BCUT2D eigenvalue weighted by molar-refractivity contribution is 5.98. The normalized spacial score (nSPS) is 14.1. The number of rotatable bonds is 5. The number of nitrogens with zero attached hydrogens (tertiary/aromatic N) is 3. The third kappa shape index (κ3) is 2.59. The van der Waals surface area contributed by atoms with Gasteiger partial charge in [-0.2, -0.15) is 5.10 Å². The molecule has 23 heavy (non-hydrogen) atoms. The lowest BCUT2D eigenvalue weighted by atomic mass is 10.1. The molecule has 0 aliphatic heterocycles. The van der Waals surface area contributed by atoms with Crippen molar-refractivity contribution in [2.45, 2.75) is 32.2 Å². The minimum Gasteiger partial charge on any atom is -0.328 e. The lowest BCUT2D eigenvalue weighted by Crippen LogP contribution is -2.04. The molecule has 1 aromatic carbocycles. The molecule has 2 heterocycles. The van der Waals surface area contributed by atoms with Gasteiger partial charge in [0, 0.05) is 17.0 Å². The minimum atomic E-state index is 0.513. The number of pyridine rings is 1. The van der Waals surface area contributed by atoms with Crippen molar-refractivity contribution in [2.75, 3.05) is 5.32 Å². The molecular formula is C18H18N4O. The Morgan fingerprint density at radius 1 is 1.26 bits per heavy atom. The molecule has 1 saturated carbocycles. The summed E-state index contributed by atoms with van der Waals surface area (Å²) in [5.74, 6) is 0.513. The van der Waals surface area contributed by atoms with Crippen molar-refractivity contribution in [1.29, 1.82) is 0 Å². The van der Waals surface area contributed by atoms with E-state index < -0.39 is 0 Å². The molecule has 4 rings (SSSR count). The number of fused-ring (bicyclic) bond motifs is 1. The molecule has 1 aliphatic carbocycles. The van der Waals surface area contributed by atoms with Gasteiger partial charge in [-0.15, -0.1) is 0 Å². The molecule has 0 atom stereocenters. The van der Waals surface area contributed by atoms with Gasteiger partial charge < -0.3 is 5.32 Å². The zero-order valence-corrected chi connectivity index (χ0v) is 13.0. The van der Waals surface area contributed by atoms with E-state index in [4.69, 9.17) is 5.10 Å². The van der Waals surface area contributed by atoms with Crippen molar-refractivity contribution in [1.82, 2.24) is 14.8 Å². The molecule has 0 unspecified atom stereocenters. The van der Waals surface area contributed by atoms with Crippen molar-refractivity contribution in [3.63, 3.8) is 0 Å². The monoisotopic (exact) mass is 306 g/mol. The average Bonchev–Trinajstić information content (AvgIpc) is 3.32. The summed E-state index contributed by atoms with van der Waals surface area (Å²) in [5, 5.41) is 8.71. The summed E-state index contributed by atoms with van der Waals surface area (Å²) in [5.41, 5.74) is 4.97. The number of aromatic nitrogens is 3. The third-order valence-corrected chi connectivity index (χ3v) is 4.24. The number of carbonyl (C=O) groups is 1. The molecule has 0 saturated heterocycles. The molecule has 0 spiro atoms. The SMILES string of the molecule is Cc1cccc(Cn2nc(C3CC3)c3c(NC=O)cccc32)n1. The largest absolute Gasteiger partial charge is 0.328 e. The number of hydrogen-bond acceptors (Lipinski definition) is 3. The Hall–Kier alpha value is -2.69. The van der Waals surface area contributed by atoms with E-state index in [1.165, 1.54) is 12.8 Å². The van der Waals surface area contributed by atoms with Gasteiger partial charge in [0.1, 0.15) is 0 Å². The fourth-order valence-corrected chi connectivity index (χ4v) is 3.05. The molecule has 1 N–H and O–H groups in total. The first-order chi connectivity index (χ1) is 11.3. The molecule has 0 radical (unpaired) electrons. The van der Waals surface area contributed by atoms with Crippen LogP contribution in [-0.4, -0.2) is 21.2 Å². The molecule has 1 fully saturated rings. The lowest BCUT2D eigenvalue weighted by Gasteiger charge is -2.05. The van der Waals surface area contributed by atoms with Crippen LogP contribution in [0, 0.1) is 6.92 Å². The maximum atomic E-state index is 10.9. The van der Waals surface area contributed by atoms with E-state index in [0.29, 0.717) is 12.5 Å². The standard InChI is InChI=1S/C18H18N4O/c1-12-4-2-5-14(20-12)10-22-16-7-3-6-15(19-11-23)17(16)18(21-22)13-8-9-13/h2-7,11,13H,8-10H2,1H3,(H,19,23). The predicted molar refractivity (Wildman–Crippen MR) is 89.5 cm³/mol. The van der Waals surface area contributed by atoms with Crippen LogP contribution in [0.25, 0.3) is 10.9 Å². The zero-order chi connectivity index (χ0) is 15.8. The van der Waals surface area contributed by atoms with Crippen molar-refractivity contribution in [3.05, 3.63) is 53.5 Å². The second kappa shape index (κ2) is 5.50. The van der Waals surface area contributed by atoms with E-state index in [-0.39, 0.29) is 0 Å². The minimum absolute atomic E-state index is 0.513. The maximum absolute atomic E-state index is 10.9. The van der Waals surface area contributed by atoms with Crippen LogP contribution in [-0.2, 0) is 11.3 Å². The van der Waals surface area contributed by atoms with E-state index in [0.717, 1.165) is 40.1 Å². The van der Waals surface area contributed by atoms with Crippen LogP contribution in [0.2, 0.25) is 0 Å². The highest BCUT2D eigenvalue weighted by Crippen LogP contribution is 2.44. The second-order valence-electron chi connectivity index (χ2n) is 6.05. The van der Waals surface area contributed by atoms with Crippen LogP contribution in [0.3, 0.4) is 0 Å². The second-order valence-corrected chi connectivity index (χ2v) is 6.05. The topological polar surface area (TPSA) is 59.8 Å². The number of anilines is 1. The van der Waals surface area contributed by atoms with Crippen molar-refractivity contribution >= 4 is 23.0 Å². The molecule has 5 heteroatoms. The summed E-state index contributed by atoms with van der Waals surface area (Å²) < 4.78 is 2.00. The molecule has 2 aromatic heterocycles. The fraction of sp³-hybridized carbons (Fsp3) is 0.278. The first kappa shape index (κ1) is 13.9. The van der Waals surface area contributed by atoms with Gasteiger partial charge in [-0.1, -0.05) is 12.1 Å². The molecule has 1 amide bonds. The van der Waals surface area contributed by atoms with Crippen LogP contribution in [0.1, 0.15) is 35.8 Å². The first-order valence-electron chi connectivity index (χ1n) is 7.88. The van der Waals surface area contributed by atoms with Gasteiger partial charge in [-0.05, 0) is 44.0 Å². The summed E-state index contributed by atoms with van der Waals surface area (Å²) >= 11 is 0. The first-order valence-corrected chi connectivity index (χ1v) is 7.88. The van der Waals surface area contributed by atoms with Crippen LogP contribution in [0.5, 0.6) is 0 Å². The Balaban J connectivity index is 1.83. The molecule has 5 nitrogen and oxygen atoms in total. The number of amides is 1. The van der Waals surface area contributed by atoms with Gasteiger partial charge in [-0.25, -0.2) is 0 Å². The highest BCUT2D eigenvalue weighted by atomic mass is 16.1. The average molecular weight is 306 g/mol. The van der Waals surface area contributed by atoms with Crippen molar-refractivity contribution < 1.29 is 4.79 Å². The van der Waals surface area contributed by atoms with Crippen molar-refractivity contribution in [2.24, 2.45) is 0 Å². The van der Waals surface area contributed by atoms with Gasteiger partial charge in [0.25, 0.3) is 0 Å². The zero-order valence-electron chi connectivity index (χ0n) is 13.0. The predicted octanol–water partition coefficient (Wildman–Crippen LogP) is 3.23. The number of hydrogen-bond donors (Lipinski definition) is 1. The number of carbonyl (C=O) groups excluding carboxylic acids is 1. The Bertz CT molecular complexity index is 880. The number of nitrogens with one attached hydrogen (secondary N) is 1. The summed E-state index contributed by atoms with van der Waals surface area (Å²) in [6.07, 6.45) is 3.07. The van der Waals surface area contributed by atoms with E-state index in [1.54, 1.807) is 0 Å². The molecule has 1 aliphatic rings. The van der Waals surface area contributed by atoms with E-state index in [9.17, 15) is 4.79 Å². The molecule has 3 aromatic rings. The van der Waals surface area contributed by atoms with Gasteiger partial charge >= 0.3 is 0 Å². The Morgan fingerprint density at radius 2 is 2.09 bits per heavy atom. The Kier molecular flexibility index (Phi) is 3.33. The maximum Gasteiger partial charge on any atom is 0.211 e. The van der Waals surface area contributed by atoms with Crippen molar-refractivity contribution in [3.8, 4) is 0 Å². The van der Waals surface area contributed by atoms with Crippen LogP contribution in [0.4, 0.5) is 5.69 Å². The summed E-state index contributed by atoms with van der Waals surface area (Å²) in [6.45, 7) is 2.63. The van der Waals surface area contributed by atoms with Gasteiger partial charge in [0.15, 0.2) is 0 Å². The van der Waals surface area contributed by atoms with E-state index in [2.05, 4.69) is 16.4 Å². The quantitative estimate of drug-likeness (QED) is 0.736. The molecular weight excluding hydrogens is 288 g/mol. The van der Waals surface area contributed by atoms with E-state index in [1.807, 2.05) is 41.9 Å². The van der Waals surface area contributed by atoms with E-state index >= 15 is 0 Å².